The summed E-state index contributed by atoms with van der Waals surface area (Å²) < 4.78 is 5.84. The molecule has 140 valence electrons. The third-order valence-electron chi connectivity index (χ3n) is 4.15. The van der Waals surface area contributed by atoms with E-state index in [0.717, 1.165) is 33.9 Å². The van der Waals surface area contributed by atoms with Crippen LogP contribution >= 0.6 is 23.4 Å². The Hall–Kier alpha value is -2.96. The Bertz CT molecular complexity index is 1180. The summed E-state index contributed by atoms with van der Waals surface area (Å²) in [5.74, 6) is 0.0162. The molecule has 0 aliphatic carbocycles. The first kappa shape index (κ1) is 18.4. The molecule has 4 rings (SSSR count). The number of carboxylic acids is 1. The number of carbonyl (C=O) groups is 1. The molecule has 2 aromatic heterocycles. The van der Waals surface area contributed by atoms with Crippen molar-refractivity contribution in [3.63, 3.8) is 0 Å². The smallest absolute Gasteiger partial charge is 0.342 e. The molecule has 0 amide bonds. The van der Waals surface area contributed by atoms with Crippen molar-refractivity contribution in [2.45, 2.75) is 12.1 Å². The number of aromatic amines is 1. The van der Waals surface area contributed by atoms with Crippen LogP contribution in [0.2, 0.25) is 5.02 Å². The molecule has 0 bridgehead atoms. The number of fused-ring (bicyclic) bond motifs is 1. The number of nitrogens with one attached hydrogen (secondary N) is 1. The Morgan fingerprint density at radius 2 is 2.04 bits per heavy atom. The van der Waals surface area contributed by atoms with Crippen molar-refractivity contribution in [2.24, 2.45) is 0 Å². The van der Waals surface area contributed by atoms with Crippen LogP contribution in [0.3, 0.4) is 0 Å². The molecule has 0 radical (unpaired) electrons. The summed E-state index contributed by atoms with van der Waals surface area (Å²) in [6.07, 6.45) is 1.49. The van der Waals surface area contributed by atoms with Crippen LogP contribution in [0.4, 0.5) is 0 Å². The Kier molecular flexibility index (Phi) is 4.98. The molecule has 0 atom stereocenters. The SMILES string of the molecule is Cc1ccc(Cl)cc1-c1ccc(/C=C(\Sc2nc3ccccc3[nH]2)C(=O)O)o1. The lowest BCUT2D eigenvalue weighted by molar-refractivity contribution is -0.131. The zero-order valence-corrected chi connectivity index (χ0v) is 16.3. The molecule has 0 fully saturated rings. The van der Waals surface area contributed by atoms with Crippen LogP contribution in [0.15, 0.2) is 69.1 Å². The maximum Gasteiger partial charge on any atom is 0.342 e. The van der Waals surface area contributed by atoms with Crippen molar-refractivity contribution in [3.05, 3.63) is 75.8 Å². The van der Waals surface area contributed by atoms with Gasteiger partial charge in [-0.1, -0.05) is 29.8 Å². The van der Waals surface area contributed by atoms with E-state index in [0.29, 0.717) is 21.7 Å². The van der Waals surface area contributed by atoms with Crippen LogP contribution in [-0.4, -0.2) is 21.0 Å². The van der Waals surface area contributed by atoms with Gasteiger partial charge in [-0.05, 0) is 60.6 Å². The Morgan fingerprint density at radius 3 is 2.82 bits per heavy atom. The van der Waals surface area contributed by atoms with Crippen LogP contribution in [0.1, 0.15) is 11.3 Å². The fourth-order valence-corrected chi connectivity index (χ4v) is 3.73. The molecule has 0 unspecified atom stereocenters. The summed E-state index contributed by atoms with van der Waals surface area (Å²) in [4.78, 5) is 19.3. The highest BCUT2D eigenvalue weighted by Gasteiger charge is 2.15. The molecule has 0 aliphatic rings. The quantitative estimate of drug-likeness (QED) is 0.311. The first-order chi connectivity index (χ1) is 13.5. The van der Waals surface area contributed by atoms with Gasteiger partial charge in [0.15, 0.2) is 5.16 Å². The molecule has 2 N–H and O–H groups in total. The summed E-state index contributed by atoms with van der Waals surface area (Å²) in [7, 11) is 0. The van der Waals surface area contributed by atoms with Gasteiger partial charge in [0.05, 0.1) is 11.0 Å². The molecule has 0 spiro atoms. The van der Waals surface area contributed by atoms with E-state index in [1.807, 2.05) is 49.4 Å². The number of benzene rings is 2. The molecular formula is C21H15ClN2O3S. The Balaban J connectivity index is 1.64. The van der Waals surface area contributed by atoms with Crippen molar-refractivity contribution in [2.75, 3.05) is 0 Å². The molecule has 0 saturated carbocycles. The van der Waals surface area contributed by atoms with Gasteiger partial charge >= 0.3 is 5.97 Å². The largest absolute Gasteiger partial charge is 0.477 e. The molecule has 5 nitrogen and oxygen atoms in total. The number of para-hydroxylation sites is 2. The molecule has 28 heavy (non-hydrogen) atoms. The predicted molar refractivity (Wildman–Crippen MR) is 111 cm³/mol. The second-order valence-electron chi connectivity index (χ2n) is 6.14. The number of aromatic nitrogens is 2. The molecule has 7 heteroatoms. The third kappa shape index (κ3) is 3.83. The lowest BCUT2D eigenvalue weighted by Gasteiger charge is -2.03. The number of nitrogens with zero attached hydrogens (tertiary/aromatic N) is 1. The zero-order chi connectivity index (χ0) is 19.7. The van der Waals surface area contributed by atoms with Crippen LogP contribution in [0.5, 0.6) is 0 Å². The van der Waals surface area contributed by atoms with Crippen LogP contribution in [0, 0.1) is 6.92 Å². The summed E-state index contributed by atoms with van der Waals surface area (Å²) >= 11 is 7.12. The first-order valence-electron chi connectivity index (χ1n) is 8.43. The highest BCUT2D eigenvalue weighted by molar-refractivity contribution is 8.04. The van der Waals surface area contributed by atoms with Crippen molar-refractivity contribution >= 4 is 46.4 Å². The van der Waals surface area contributed by atoms with E-state index in [-0.39, 0.29) is 4.91 Å². The first-order valence-corrected chi connectivity index (χ1v) is 9.63. The number of aryl methyl sites for hydroxylation is 1. The van der Waals surface area contributed by atoms with E-state index in [1.165, 1.54) is 6.08 Å². The van der Waals surface area contributed by atoms with Gasteiger partial charge in [0.1, 0.15) is 16.4 Å². The normalized spacial score (nSPS) is 11.9. The molecule has 4 aromatic rings. The number of hydrogen-bond acceptors (Lipinski definition) is 4. The Morgan fingerprint density at radius 1 is 1.21 bits per heavy atom. The standard InChI is InChI=1S/C21H15ClN2O3S/c1-12-6-7-13(22)10-15(12)18-9-8-14(27-18)11-19(20(25)26)28-21-23-16-4-2-3-5-17(16)24-21/h2-11H,1H3,(H,23,24)(H,25,26)/b19-11-. The highest BCUT2D eigenvalue weighted by Crippen LogP contribution is 2.31. The summed E-state index contributed by atoms with van der Waals surface area (Å²) in [5.41, 5.74) is 3.52. The van der Waals surface area contributed by atoms with Crippen LogP contribution < -0.4 is 0 Å². The van der Waals surface area contributed by atoms with Gasteiger partial charge in [0.25, 0.3) is 0 Å². The molecule has 2 heterocycles. The van der Waals surface area contributed by atoms with E-state index in [1.54, 1.807) is 12.1 Å². The monoisotopic (exact) mass is 410 g/mol. The van der Waals surface area contributed by atoms with E-state index < -0.39 is 5.97 Å². The minimum absolute atomic E-state index is 0.0998. The highest BCUT2D eigenvalue weighted by atomic mass is 35.5. The van der Waals surface area contributed by atoms with E-state index >= 15 is 0 Å². The average molecular weight is 411 g/mol. The topological polar surface area (TPSA) is 79.1 Å². The lowest BCUT2D eigenvalue weighted by Crippen LogP contribution is -1.96. The van der Waals surface area contributed by atoms with Gasteiger partial charge in [-0.3, -0.25) is 0 Å². The predicted octanol–water partition coefficient (Wildman–Crippen LogP) is 6.00. The molecule has 0 aliphatic heterocycles. The van der Waals surface area contributed by atoms with E-state index in [9.17, 15) is 9.90 Å². The number of thioether (sulfide) groups is 1. The summed E-state index contributed by atoms with van der Waals surface area (Å²) in [6.45, 7) is 1.96. The fourth-order valence-electron chi connectivity index (χ4n) is 2.78. The number of carboxylic acid groups (broad SMARTS) is 1. The van der Waals surface area contributed by atoms with Crippen molar-refractivity contribution in [1.29, 1.82) is 0 Å². The van der Waals surface area contributed by atoms with E-state index in [4.69, 9.17) is 16.0 Å². The maximum absolute atomic E-state index is 11.7. The summed E-state index contributed by atoms with van der Waals surface area (Å²) in [6, 6.07) is 16.6. The number of furan rings is 1. The van der Waals surface area contributed by atoms with Crippen molar-refractivity contribution < 1.29 is 14.3 Å². The number of halogens is 1. The number of imidazole rings is 1. The minimum Gasteiger partial charge on any atom is -0.477 e. The maximum atomic E-state index is 11.7. The van der Waals surface area contributed by atoms with Gasteiger partial charge in [-0.25, -0.2) is 9.78 Å². The second-order valence-corrected chi connectivity index (χ2v) is 7.60. The van der Waals surface area contributed by atoms with Crippen molar-refractivity contribution in [1.82, 2.24) is 9.97 Å². The Labute approximate surface area is 170 Å². The molecule has 2 aromatic carbocycles. The van der Waals surface area contributed by atoms with E-state index in [2.05, 4.69) is 9.97 Å². The number of H-pyrrole nitrogens is 1. The number of rotatable bonds is 5. The number of aliphatic carboxylic acids is 1. The van der Waals surface area contributed by atoms with Gasteiger partial charge in [0.2, 0.25) is 0 Å². The van der Waals surface area contributed by atoms with Crippen LogP contribution in [0.25, 0.3) is 28.4 Å². The van der Waals surface area contributed by atoms with Gasteiger partial charge < -0.3 is 14.5 Å². The molecule has 0 saturated heterocycles. The van der Waals surface area contributed by atoms with Gasteiger partial charge in [-0.15, -0.1) is 0 Å². The second kappa shape index (κ2) is 7.58. The third-order valence-corrected chi connectivity index (χ3v) is 5.28. The number of hydrogen-bond donors (Lipinski definition) is 2. The van der Waals surface area contributed by atoms with Gasteiger partial charge in [-0.2, -0.15) is 0 Å². The molecular weight excluding hydrogens is 396 g/mol. The average Bonchev–Trinajstić information content (AvgIpc) is 3.29. The van der Waals surface area contributed by atoms with Gasteiger partial charge in [0, 0.05) is 16.7 Å². The van der Waals surface area contributed by atoms with Crippen LogP contribution in [-0.2, 0) is 4.79 Å². The minimum atomic E-state index is -1.05. The fraction of sp³-hybridized carbons (Fsp3) is 0.0476. The summed E-state index contributed by atoms with van der Waals surface area (Å²) in [5, 5.41) is 10.7. The van der Waals surface area contributed by atoms with Crippen molar-refractivity contribution in [3.8, 4) is 11.3 Å². The lowest BCUT2D eigenvalue weighted by atomic mass is 10.1. The zero-order valence-electron chi connectivity index (χ0n) is 14.8.